The Kier molecular flexibility index (Phi) is 11.7. The highest BCUT2D eigenvalue weighted by atomic mass is 16.5. The van der Waals surface area contributed by atoms with Gasteiger partial charge in [0.1, 0.15) is 6.10 Å². The molecule has 0 spiro atoms. The van der Waals surface area contributed by atoms with E-state index in [2.05, 4.69) is 30.0 Å². The quantitative estimate of drug-likeness (QED) is 0.227. The van der Waals surface area contributed by atoms with Crippen molar-refractivity contribution in [2.75, 3.05) is 0 Å². The first-order valence-corrected chi connectivity index (χ1v) is 10.0. The van der Waals surface area contributed by atoms with Crippen LogP contribution in [0.1, 0.15) is 90.5 Å². The zero-order chi connectivity index (χ0) is 18.3. The monoisotopic (exact) mass is 348 g/mol. The van der Waals surface area contributed by atoms with Gasteiger partial charge in [-0.2, -0.15) is 0 Å². The number of hydrogen-bond donors (Lipinski definition) is 0. The van der Waals surface area contributed by atoms with Crippen LogP contribution < -0.4 is 0 Å². The minimum absolute atomic E-state index is 0.131. The van der Waals surface area contributed by atoms with E-state index in [0.29, 0.717) is 0 Å². The topological polar surface area (TPSA) is 44.1 Å². The second kappa shape index (κ2) is 13.7. The zero-order valence-electron chi connectivity index (χ0n) is 16.2. The Morgan fingerprint density at radius 2 is 1.76 bits per heavy atom. The van der Waals surface area contributed by atoms with Crippen LogP contribution in [0.5, 0.6) is 0 Å². The molecule has 0 fully saturated rings. The van der Waals surface area contributed by atoms with Crippen molar-refractivity contribution >= 4 is 5.97 Å². The summed E-state index contributed by atoms with van der Waals surface area (Å²) in [7, 11) is 0. The standard InChI is InChI=1S/C21H36N2O2/c1-4-7-8-9-10-11-12-13-14-15-19(23-17-16-22-18-23)20(5-2)25-21(24)6-3/h6,16-20H,3-5,7-15H2,1-2H3. The summed E-state index contributed by atoms with van der Waals surface area (Å²) in [5, 5.41) is 0. The molecular weight excluding hydrogens is 312 g/mol. The Hall–Kier alpha value is -1.58. The van der Waals surface area contributed by atoms with Crippen LogP contribution in [0.25, 0.3) is 0 Å². The average Bonchev–Trinajstić information content (AvgIpc) is 3.16. The van der Waals surface area contributed by atoms with Gasteiger partial charge >= 0.3 is 5.97 Å². The van der Waals surface area contributed by atoms with Crippen LogP contribution >= 0.6 is 0 Å². The highest BCUT2D eigenvalue weighted by molar-refractivity contribution is 5.81. The summed E-state index contributed by atoms with van der Waals surface area (Å²) in [5.74, 6) is -0.343. The normalized spacial score (nSPS) is 13.4. The van der Waals surface area contributed by atoms with E-state index in [4.69, 9.17) is 4.74 Å². The lowest BCUT2D eigenvalue weighted by Gasteiger charge is -2.27. The number of carbonyl (C=O) groups is 1. The van der Waals surface area contributed by atoms with Gasteiger partial charge < -0.3 is 9.30 Å². The number of aromatic nitrogens is 2. The molecule has 25 heavy (non-hydrogen) atoms. The van der Waals surface area contributed by atoms with Crippen molar-refractivity contribution in [3.63, 3.8) is 0 Å². The number of carbonyl (C=O) groups excluding carboxylic acids is 1. The van der Waals surface area contributed by atoms with Gasteiger partial charge in [-0.25, -0.2) is 9.78 Å². The minimum atomic E-state index is -0.343. The van der Waals surface area contributed by atoms with E-state index in [-0.39, 0.29) is 18.1 Å². The highest BCUT2D eigenvalue weighted by Crippen LogP contribution is 2.25. The molecule has 0 amide bonds. The van der Waals surface area contributed by atoms with E-state index >= 15 is 0 Å². The Labute approximate surface area is 153 Å². The van der Waals surface area contributed by atoms with Gasteiger partial charge in [-0.05, 0) is 12.8 Å². The molecule has 0 bridgehead atoms. The molecular formula is C21H36N2O2. The number of hydrogen-bond acceptors (Lipinski definition) is 3. The van der Waals surface area contributed by atoms with Crippen molar-refractivity contribution in [2.24, 2.45) is 0 Å². The third-order valence-corrected chi connectivity index (χ3v) is 4.78. The maximum atomic E-state index is 11.6. The van der Waals surface area contributed by atoms with Gasteiger partial charge in [-0.15, -0.1) is 0 Å². The second-order valence-corrected chi connectivity index (χ2v) is 6.78. The molecule has 142 valence electrons. The maximum absolute atomic E-state index is 11.6. The highest BCUT2D eigenvalue weighted by Gasteiger charge is 2.24. The van der Waals surface area contributed by atoms with Crippen LogP contribution in [0.4, 0.5) is 0 Å². The Bertz CT molecular complexity index is 456. The van der Waals surface area contributed by atoms with Crippen molar-refractivity contribution in [1.82, 2.24) is 9.55 Å². The molecule has 0 N–H and O–H groups in total. The molecule has 2 unspecified atom stereocenters. The molecule has 4 nitrogen and oxygen atoms in total. The van der Waals surface area contributed by atoms with Gasteiger partial charge in [-0.3, -0.25) is 0 Å². The lowest BCUT2D eigenvalue weighted by atomic mass is 9.99. The molecule has 2 atom stereocenters. The molecule has 0 aliphatic carbocycles. The smallest absolute Gasteiger partial charge is 0.330 e. The molecule has 1 aromatic heterocycles. The number of nitrogens with zero attached hydrogens (tertiary/aromatic N) is 2. The van der Waals surface area contributed by atoms with E-state index in [1.54, 1.807) is 6.20 Å². The van der Waals surface area contributed by atoms with Crippen molar-refractivity contribution in [2.45, 2.75) is 96.6 Å². The number of rotatable bonds is 15. The number of unbranched alkanes of at least 4 members (excludes halogenated alkanes) is 8. The second-order valence-electron chi connectivity index (χ2n) is 6.78. The van der Waals surface area contributed by atoms with E-state index < -0.39 is 0 Å². The lowest BCUT2D eigenvalue weighted by Crippen LogP contribution is -2.28. The number of ether oxygens (including phenoxy) is 1. The maximum Gasteiger partial charge on any atom is 0.330 e. The van der Waals surface area contributed by atoms with Crippen LogP contribution in [-0.2, 0) is 9.53 Å². The fraction of sp³-hybridized carbons (Fsp3) is 0.714. The third-order valence-electron chi connectivity index (χ3n) is 4.78. The van der Waals surface area contributed by atoms with Gasteiger partial charge in [0, 0.05) is 18.5 Å². The fourth-order valence-corrected chi connectivity index (χ4v) is 3.29. The Morgan fingerprint density at radius 3 is 2.28 bits per heavy atom. The molecule has 0 radical (unpaired) electrons. The Balaban J connectivity index is 2.37. The molecule has 1 aromatic rings. The molecule has 4 heteroatoms. The molecule has 0 aliphatic rings. The van der Waals surface area contributed by atoms with E-state index in [1.165, 1.54) is 57.4 Å². The van der Waals surface area contributed by atoms with Crippen molar-refractivity contribution in [3.8, 4) is 0 Å². The van der Waals surface area contributed by atoms with E-state index in [0.717, 1.165) is 19.3 Å². The van der Waals surface area contributed by atoms with Crippen LogP contribution in [0.15, 0.2) is 31.4 Å². The summed E-state index contributed by atoms with van der Waals surface area (Å²) in [6, 6.07) is 0.154. The summed E-state index contributed by atoms with van der Waals surface area (Å²) >= 11 is 0. The van der Waals surface area contributed by atoms with Gasteiger partial charge in [0.25, 0.3) is 0 Å². The first-order chi connectivity index (χ1) is 12.2. The van der Waals surface area contributed by atoms with Crippen LogP contribution in [0.3, 0.4) is 0 Å². The molecule has 0 saturated carbocycles. The summed E-state index contributed by atoms with van der Waals surface area (Å²) in [6.07, 6.45) is 20.3. The van der Waals surface area contributed by atoms with Crippen LogP contribution in [-0.4, -0.2) is 21.6 Å². The average molecular weight is 349 g/mol. The summed E-state index contributed by atoms with van der Waals surface area (Å²) < 4.78 is 7.64. The summed E-state index contributed by atoms with van der Waals surface area (Å²) in [5.41, 5.74) is 0. The first-order valence-electron chi connectivity index (χ1n) is 10.0. The zero-order valence-corrected chi connectivity index (χ0v) is 16.2. The molecule has 1 rings (SSSR count). The SMILES string of the molecule is C=CC(=O)OC(CC)C(CCCCCCCCCCC)n1ccnc1. The molecule has 0 aliphatic heterocycles. The molecule has 1 heterocycles. The van der Waals surface area contributed by atoms with Crippen molar-refractivity contribution < 1.29 is 9.53 Å². The van der Waals surface area contributed by atoms with E-state index in [9.17, 15) is 4.79 Å². The van der Waals surface area contributed by atoms with Crippen molar-refractivity contribution in [1.29, 1.82) is 0 Å². The lowest BCUT2D eigenvalue weighted by molar-refractivity contribution is -0.145. The predicted octanol–water partition coefficient (Wildman–Crippen LogP) is 5.85. The van der Waals surface area contributed by atoms with Crippen LogP contribution in [0.2, 0.25) is 0 Å². The Morgan fingerprint density at radius 1 is 1.12 bits per heavy atom. The van der Waals surface area contributed by atoms with Crippen LogP contribution in [0, 0.1) is 0 Å². The minimum Gasteiger partial charge on any atom is -0.457 e. The van der Waals surface area contributed by atoms with Crippen molar-refractivity contribution in [3.05, 3.63) is 31.4 Å². The largest absolute Gasteiger partial charge is 0.457 e. The van der Waals surface area contributed by atoms with Gasteiger partial charge in [-0.1, -0.05) is 78.2 Å². The summed E-state index contributed by atoms with van der Waals surface area (Å²) in [6.45, 7) is 7.81. The van der Waals surface area contributed by atoms with Gasteiger partial charge in [0.2, 0.25) is 0 Å². The van der Waals surface area contributed by atoms with E-state index in [1.807, 2.05) is 12.5 Å². The number of esters is 1. The fourth-order valence-electron chi connectivity index (χ4n) is 3.29. The van der Waals surface area contributed by atoms with Gasteiger partial charge in [0.15, 0.2) is 0 Å². The third kappa shape index (κ3) is 8.89. The van der Waals surface area contributed by atoms with Gasteiger partial charge in [0.05, 0.1) is 12.4 Å². The first kappa shape index (κ1) is 21.5. The molecule has 0 saturated heterocycles. The molecule has 0 aromatic carbocycles. The summed E-state index contributed by atoms with van der Waals surface area (Å²) in [4.78, 5) is 15.8. The number of imidazole rings is 1. The predicted molar refractivity (Wildman–Crippen MR) is 103 cm³/mol.